The van der Waals surface area contributed by atoms with Gasteiger partial charge in [-0.05, 0) is 24.5 Å². The van der Waals surface area contributed by atoms with Crippen molar-refractivity contribution in [2.24, 2.45) is 0 Å². The quantitative estimate of drug-likeness (QED) is 0.738. The fourth-order valence-electron chi connectivity index (χ4n) is 1.44. The Morgan fingerprint density at radius 1 is 1.29 bits per heavy atom. The summed E-state index contributed by atoms with van der Waals surface area (Å²) in [6, 6.07) is 1.82. The average Bonchev–Trinajstić information content (AvgIpc) is 2.35. The molecular weight excluding hydrogens is 222 g/mol. The van der Waals surface area contributed by atoms with Crippen molar-refractivity contribution < 1.29 is 19.1 Å². The number of methoxy groups -OCH3 is 2. The van der Waals surface area contributed by atoms with E-state index in [2.05, 4.69) is 14.5 Å². The van der Waals surface area contributed by atoms with Crippen LogP contribution >= 0.6 is 0 Å². The van der Waals surface area contributed by atoms with E-state index < -0.39 is 5.97 Å². The van der Waals surface area contributed by atoms with Gasteiger partial charge in [-0.3, -0.25) is 4.79 Å². The first-order chi connectivity index (χ1) is 8.08. The molecule has 0 aliphatic rings. The van der Waals surface area contributed by atoms with E-state index in [-0.39, 0.29) is 18.1 Å². The zero-order chi connectivity index (χ0) is 12.8. The number of nitrogens with zero attached hydrogens (tertiary/aromatic N) is 1. The van der Waals surface area contributed by atoms with Crippen molar-refractivity contribution in [3.63, 3.8) is 0 Å². The smallest absolute Gasteiger partial charge is 0.356 e. The summed E-state index contributed by atoms with van der Waals surface area (Å²) < 4.78 is 9.19. The fraction of sp³-hybridized carbons (Fsp3) is 0.417. The molecule has 92 valence electrons. The Kier molecular flexibility index (Phi) is 4.63. The summed E-state index contributed by atoms with van der Waals surface area (Å²) in [5.41, 5.74) is 1.88. The Hall–Kier alpha value is -1.91. The van der Waals surface area contributed by atoms with Crippen molar-refractivity contribution in [3.8, 4) is 0 Å². The van der Waals surface area contributed by atoms with Gasteiger partial charge in [-0.15, -0.1) is 0 Å². The van der Waals surface area contributed by atoms with Gasteiger partial charge in [-0.2, -0.15) is 0 Å². The predicted octanol–water partition coefficient (Wildman–Crippen LogP) is 1.28. The van der Waals surface area contributed by atoms with E-state index in [1.165, 1.54) is 14.2 Å². The van der Waals surface area contributed by atoms with Crippen molar-refractivity contribution in [2.45, 2.75) is 19.8 Å². The number of esters is 2. The van der Waals surface area contributed by atoms with Crippen LogP contribution in [0.15, 0.2) is 12.3 Å². The summed E-state index contributed by atoms with van der Waals surface area (Å²) in [6.07, 6.45) is 2.21. The maximum Gasteiger partial charge on any atom is 0.356 e. The minimum Gasteiger partial charge on any atom is -0.469 e. The van der Waals surface area contributed by atoms with Crippen LogP contribution in [0.1, 0.15) is 28.0 Å². The molecule has 1 heterocycles. The number of hydrogen-bond donors (Lipinski definition) is 0. The Labute approximate surface area is 99.8 Å². The van der Waals surface area contributed by atoms with Crippen molar-refractivity contribution in [3.05, 3.63) is 29.1 Å². The van der Waals surface area contributed by atoms with Crippen molar-refractivity contribution in [2.75, 3.05) is 14.2 Å². The molecule has 0 spiro atoms. The summed E-state index contributed by atoms with van der Waals surface area (Å²) in [5, 5.41) is 0. The zero-order valence-electron chi connectivity index (χ0n) is 10.1. The van der Waals surface area contributed by atoms with Crippen molar-refractivity contribution >= 4 is 11.9 Å². The Morgan fingerprint density at radius 3 is 2.59 bits per heavy atom. The van der Waals surface area contributed by atoms with Gasteiger partial charge in [0.15, 0.2) is 5.69 Å². The maximum atomic E-state index is 11.5. The highest BCUT2D eigenvalue weighted by molar-refractivity contribution is 5.89. The molecule has 0 amide bonds. The second-order valence-electron chi connectivity index (χ2n) is 3.59. The molecule has 1 rings (SSSR count). The fourth-order valence-corrected chi connectivity index (χ4v) is 1.44. The molecule has 1 aromatic heterocycles. The topological polar surface area (TPSA) is 65.5 Å². The maximum absolute atomic E-state index is 11.5. The molecular formula is C12H15NO4. The number of carbonyl (C=O) groups is 2. The van der Waals surface area contributed by atoms with E-state index in [0.29, 0.717) is 12.0 Å². The third-order valence-corrected chi connectivity index (χ3v) is 2.31. The number of aromatic nitrogens is 1. The lowest BCUT2D eigenvalue weighted by Gasteiger charge is -2.07. The van der Waals surface area contributed by atoms with Crippen LogP contribution in [0.4, 0.5) is 0 Å². The molecule has 1 aromatic rings. The van der Waals surface area contributed by atoms with E-state index in [0.717, 1.165) is 5.56 Å². The summed E-state index contributed by atoms with van der Waals surface area (Å²) >= 11 is 0. The summed E-state index contributed by atoms with van der Waals surface area (Å²) in [7, 11) is 2.63. The minimum absolute atomic E-state index is 0.214. The summed E-state index contributed by atoms with van der Waals surface area (Å²) in [6.45, 7) is 1.87. The lowest BCUT2D eigenvalue weighted by molar-refractivity contribution is -0.140. The van der Waals surface area contributed by atoms with Gasteiger partial charge in [0, 0.05) is 12.6 Å². The largest absolute Gasteiger partial charge is 0.469 e. The predicted molar refractivity (Wildman–Crippen MR) is 60.7 cm³/mol. The average molecular weight is 237 g/mol. The first kappa shape index (κ1) is 13.2. The van der Waals surface area contributed by atoms with Crippen LogP contribution in [-0.2, 0) is 20.7 Å². The highest BCUT2D eigenvalue weighted by atomic mass is 16.5. The van der Waals surface area contributed by atoms with Crippen LogP contribution in [0.3, 0.4) is 0 Å². The van der Waals surface area contributed by atoms with Gasteiger partial charge in [0.05, 0.1) is 14.2 Å². The molecule has 0 saturated heterocycles. The van der Waals surface area contributed by atoms with Crippen molar-refractivity contribution in [1.82, 2.24) is 4.98 Å². The Bertz CT molecular complexity index is 429. The molecule has 5 nitrogen and oxygen atoms in total. The molecule has 0 radical (unpaired) electrons. The van der Waals surface area contributed by atoms with Gasteiger partial charge in [0.25, 0.3) is 0 Å². The third-order valence-electron chi connectivity index (χ3n) is 2.31. The van der Waals surface area contributed by atoms with Gasteiger partial charge in [0.1, 0.15) is 0 Å². The molecule has 0 atom stereocenters. The highest BCUT2D eigenvalue weighted by Gasteiger charge is 2.14. The SMILES string of the molecule is COC(=O)CCc1cc(C)cnc1C(=O)OC. The molecule has 0 unspecified atom stereocenters. The molecule has 17 heavy (non-hydrogen) atoms. The second-order valence-corrected chi connectivity index (χ2v) is 3.59. The van der Waals surface area contributed by atoms with E-state index >= 15 is 0 Å². The molecule has 0 aromatic carbocycles. The third kappa shape index (κ3) is 3.55. The molecule has 0 saturated carbocycles. The Morgan fingerprint density at radius 2 is 2.00 bits per heavy atom. The molecule has 5 heteroatoms. The lowest BCUT2D eigenvalue weighted by Crippen LogP contribution is -2.11. The number of ether oxygens (including phenoxy) is 2. The van der Waals surface area contributed by atoms with Gasteiger partial charge in [-0.1, -0.05) is 6.07 Å². The van der Waals surface area contributed by atoms with E-state index in [1.54, 1.807) is 6.20 Å². The molecule has 0 N–H and O–H groups in total. The monoisotopic (exact) mass is 237 g/mol. The number of hydrogen-bond acceptors (Lipinski definition) is 5. The number of rotatable bonds is 4. The van der Waals surface area contributed by atoms with Gasteiger partial charge in [0.2, 0.25) is 0 Å². The first-order valence-electron chi connectivity index (χ1n) is 5.19. The van der Waals surface area contributed by atoms with Crippen LogP contribution in [0.25, 0.3) is 0 Å². The number of pyridine rings is 1. The highest BCUT2D eigenvalue weighted by Crippen LogP contribution is 2.12. The van der Waals surface area contributed by atoms with Crippen LogP contribution in [-0.4, -0.2) is 31.1 Å². The molecule has 0 aliphatic carbocycles. The van der Waals surface area contributed by atoms with Crippen LogP contribution in [0.2, 0.25) is 0 Å². The normalized spacial score (nSPS) is 9.82. The number of aryl methyl sites for hydroxylation is 2. The van der Waals surface area contributed by atoms with E-state index in [4.69, 9.17) is 0 Å². The molecule has 0 bridgehead atoms. The minimum atomic E-state index is -0.495. The van der Waals surface area contributed by atoms with Crippen LogP contribution < -0.4 is 0 Å². The first-order valence-corrected chi connectivity index (χ1v) is 5.19. The van der Waals surface area contributed by atoms with Gasteiger partial charge >= 0.3 is 11.9 Å². The summed E-state index contributed by atoms with van der Waals surface area (Å²) in [5.74, 6) is -0.813. The summed E-state index contributed by atoms with van der Waals surface area (Å²) in [4.78, 5) is 26.5. The lowest BCUT2D eigenvalue weighted by atomic mass is 10.1. The number of carbonyl (C=O) groups excluding carboxylic acids is 2. The van der Waals surface area contributed by atoms with Gasteiger partial charge in [-0.25, -0.2) is 9.78 Å². The molecule has 0 fully saturated rings. The van der Waals surface area contributed by atoms with Crippen LogP contribution in [0, 0.1) is 6.92 Å². The van der Waals surface area contributed by atoms with Crippen LogP contribution in [0.5, 0.6) is 0 Å². The second kappa shape index (κ2) is 5.98. The van der Waals surface area contributed by atoms with E-state index in [1.807, 2.05) is 13.0 Å². The standard InChI is InChI=1S/C12H15NO4/c1-8-6-9(4-5-10(14)16-2)11(13-7-8)12(15)17-3/h6-7H,4-5H2,1-3H3. The Balaban J connectivity index is 2.91. The van der Waals surface area contributed by atoms with Gasteiger partial charge < -0.3 is 9.47 Å². The zero-order valence-corrected chi connectivity index (χ0v) is 10.1. The van der Waals surface area contributed by atoms with E-state index in [9.17, 15) is 9.59 Å². The van der Waals surface area contributed by atoms with Crippen molar-refractivity contribution in [1.29, 1.82) is 0 Å². The molecule has 0 aliphatic heterocycles.